The van der Waals surface area contributed by atoms with Crippen molar-refractivity contribution in [2.24, 2.45) is 0 Å². The summed E-state index contributed by atoms with van der Waals surface area (Å²) in [6.07, 6.45) is 2.54. The van der Waals surface area contributed by atoms with E-state index in [9.17, 15) is 4.79 Å². The lowest BCUT2D eigenvalue weighted by Crippen LogP contribution is -2.27. The second kappa shape index (κ2) is 11.3. The first-order valence-corrected chi connectivity index (χ1v) is 10.9. The van der Waals surface area contributed by atoms with Crippen molar-refractivity contribution in [1.82, 2.24) is 5.32 Å². The van der Waals surface area contributed by atoms with Crippen molar-refractivity contribution in [1.29, 1.82) is 0 Å². The van der Waals surface area contributed by atoms with Crippen LogP contribution in [0.1, 0.15) is 40.4 Å². The number of nitrogens with one attached hydrogen (secondary N) is 1. The Balaban J connectivity index is 1.97. The van der Waals surface area contributed by atoms with Crippen LogP contribution in [0.3, 0.4) is 0 Å². The molecule has 0 aromatic heterocycles. The highest BCUT2D eigenvalue weighted by Crippen LogP contribution is 2.33. The predicted molar refractivity (Wildman–Crippen MR) is 126 cm³/mol. The quantitative estimate of drug-likeness (QED) is 0.490. The average molecular weight is 418 g/mol. The van der Waals surface area contributed by atoms with Crippen LogP contribution < -0.4 is 10.1 Å². The molecule has 31 heavy (non-hydrogen) atoms. The number of hydrogen-bond donors (Lipinski definition) is 2. The van der Waals surface area contributed by atoms with Crippen LogP contribution in [0.25, 0.3) is 11.1 Å². The van der Waals surface area contributed by atoms with E-state index in [2.05, 4.69) is 49.5 Å². The van der Waals surface area contributed by atoms with Gasteiger partial charge in [0.15, 0.2) is 0 Å². The second-order valence-corrected chi connectivity index (χ2v) is 7.69. The van der Waals surface area contributed by atoms with Crippen LogP contribution in [0.2, 0.25) is 0 Å². The highest BCUT2D eigenvalue weighted by Gasteiger charge is 2.15. The van der Waals surface area contributed by atoms with Gasteiger partial charge >= 0.3 is 0 Å². The fourth-order valence-electron chi connectivity index (χ4n) is 3.59. The zero-order chi connectivity index (χ0) is 22.1. The van der Waals surface area contributed by atoms with E-state index in [4.69, 9.17) is 9.84 Å². The topological polar surface area (TPSA) is 58.6 Å². The van der Waals surface area contributed by atoms with Crippen molar-refractivity contribution in [2.45, 2.75) is 33.1 Å². The summed E-state index contributed by atoms with van der Waals surface area (Å²) in [6, 6.07) is 22.5. The largest absolute Gasteiger partial charge is 0.493 e. The predicted octanol–water partition coefficient (Wildman–Crippen LogP) is 4.96. The van der Waals surface area contributed by atoms with Crippen LogP contribution in [0, 0.1) is 6.92 Å². The number of amides is 1. The minimum atomic E-state index is -0.157. The Morgan fingerprint density at radius 3 is 2.55 bits per heavy atom. The summed E-state index contributed by atoms with van der Waals surface area (Å²) in [5, 5.41) is 11.9. The molecule has 0 bridgehead atoms. The molecular weight excluding hydrogens is 386 g/mol. The lowest BCUT2D eigenvalue weighted by molar-refractivity contribution is 0.0944. The molecule has 0 aliphatic carbocycles. The smallest absolute Gasteiger partial charge is 0.251 e. The van der Waals surface area contributed by atoms with Crippen molar-refractivity contribution in [3.05, 3.63) is 89.0 Å². The van der Waals surface area contributed by atoms with E-state index in [1.54, 1.807) is 0 Å². The molecule has 0 atom stereocenters. The zero-order valence-electron chi connectivity index (χ0n) is 18.4. The standard InChI is InChI=1S/C27H31NO3/c1-3-17-31-26-14-9-20(2)18-25(26)23-12-13-24(27(30)28-15-16-29)22(19-23)11-10-21-7-5-4-6-8-21/h4-9,12-14,18-19,29H,3,10-11,15-17H2,1-2H3,(H,28,30). The molecule has 0 spiro atoms. The number of benzene rings is 3. The number of rotatable bonds is 10. The van der Waals surface area contributed by atoms with Crippen LogP contribution in [0.4, 0.5) is 0 Å². The number of aliphatic hydroxyl groups excluding tert-OH is 1. The number of aryl methyl sites for hydroxylation is 3. The molecule has 4 nitrogen and oxygen atoms in total. The summed E-state index contributed by atoms with van der Waals surface area (Å²) < 4.78 is 5.99. The van der Waals surface area contributed by atoms with Gasteiger partial charge in [0.2, 0.25) is 0 Å². The normalized spacial score (nSPS) is 10.7. The van der Waals surface area contributed by atoms with E-state index in [0.29, 0.717) is 12.2 Å². The molecule has 0 aliphatic rings. The van der Waals surface area contributed by atoms with E-state index >= 15 is 0 Å². The Hall–Kier alpha value is -3.11. The molecule has 4 heteroatoms. The molecule has 2 N–H and O–H groups in total. The maximum absolute atomic E-state index is 12.7. The van der Waals surface area contributed by atoms with Crippen LogP contribution in [-0.2, 0) is 12.8 Å². The third kappa shape index (κ3) is 6.19. The number of carbonyl (C=O) groups is 1. The van der Waals surface area contributed by atoms with E-state index in [0.717, 1.165) is 47.3 Å². The molecule has 0 unspecified atom stereocenters. The fourth-order valence-corrected chi connectivity index (χ4v) is 3.59. The Kier molecular flexibility index (Phi) is 8.25. The van der Waals surface area contributed by atoms with E-state index in [1.165, 1.54) is 5.56 Å². The molecule has 0 radical (unpaired) electrons. The Bertz CT molecular complexity index is 999. The molecular formula is C27H31NO3. The van der Waals surface area contributed by atoms with Gasteiger partial charge in [0.05, 0.1) is 13.2 Å². The van der Waals surface area contributed by atoms with Crippen molar-refractivity contribution in [3.63, 3.8) is 0 Å². The average Bonchev–Trinajstić information content (AvgIpc) is 2.81. The van der Waals surface area contributed by atoms with Crippen molar-refractivity contribution >= 4 is 5.91 Å². The maximum Gasteiger partial charge on any atom is 0.251 e. The first-order chi connectivity index (χ1) is 15.1. The Morgan fingerprint density at radius 1 is 1.00 bits per heavy atom. The Labute approximate surface area is 184 Å². The SMILES string of the molecule is CCCOc1ccc(C)cc1-c1ccc(C(=O)NCCO)c(CCc2ccccc2)c1. The van der Waals surface area contributed by atoms with Gasteiger partial charge in [-0.05, 0) is 61.1 Å². The molecule has 0 saturated heterocycles. The molecule has 0 fully saturated rings. The number of ether oxygens (including phenoxy) is 1. The molecule has 0 heterocycles. The van der Waals surface area contributed by atoms with Gasteiger partial charge in [-0.1, -0.05) is 61.0 Å². The van der Waals surface area contributed by atoms with Crippen LogP contribution in [0.5, 0.6) is 5.75 Å². The van der Waals surface area contributed by atoms with Crippen LogP contribution >= 0.6 is 0 Å². The number of carbonyl (C=O) groups excluding carboxylic acids is 1. The lowest BCUT2D eigenvalue weighted by Gasteiger charge is -2.16. The van der Waals surface area contributed by atoms with Gasteiger partial charge in [-0.15, -0.1) is 0 Å². The highest BCUT2D eigenvalue weighted by atomic mass is 16.5. The highest BCUT2D eigenvalue weighted by molar-refractivity contribution is 5.96. The minimum Gasteiger partial charge on any atom is -0.493 e. The summed E-state index contributed by atoms with van der Waals surface area (Å²) in [5.74, 6) is 0.703. The second-order valence-electron chi connectivity index (χ2n) is 7.69. The van der Waals surface area contributed by atoms with Gasteiger partial charge in [0, 0.05) is 17.7 Å². The molecule has 162 valence electrons. The Morgan fingerprint density at radius 2 is 1.81 bits per heavy atom. The van der Waals surface area contributed by atoms with Gasteiger partial charge in [0.1, 0.15) is 5.75 Å². The molecule has 0 aliphatic heterocycles. The first kappa shape index (κ1) is 22.6. The van der Waals surface area contributed by atoms with Crippen molar-refractivity contribution in [2.75, 3.05) is 19.8 Å². The van der Waals surface area contributed by atoms with Crippen LogP contribution in [0.15, 0.2) is 66.7 Å². The molecule has 3 rings (SSSR count). The number of aliphatic hydroxyl groups is 1. The van der Waals surface area contributed by atoms with Crippen molar-refractivity contribution < 1.29 is 14.6 Å². The molecule has 3 aromatic carbocycles. The fraction of sp³-hybridized carbons (Fsp3) is 0.296. The van der Waals surface area contributed by atoms with Crippen molar-refractivity contribution in [3.8, 4) is 16.9 Å². The summed E-state index contributed by atoms with van der Waals surface area (Å²) in [7, 11) is 0. The summed E-state index contributed by atoms with van der Waals surface area (Å²) in [6.45, 7) is 4.99. The maximum atomic E-state index is 12.7. The van der Waals surface area contributed by atoms with E-state index < -0.39 is 0 Å². The van der Waals surface area contributed by atoms with Gasteiger partial charge in [-0.2, -0.15) is 0 Å². The summed E-state index contributed by atoms with van der Waals surface area (Å²) in [5.41, 5.74) is 6.11. The number of hydrogen-bond acceptors (Lipinski definition) is 3. The monoisotopic (exact) mass is 417 g/mol. The van der Waals surface area contributed by atoms with E-state index in [1.807, 2.05) is 36.4 Å². The first-order valence-electron chi connectivity index (χ1n) is 10.9. The van der Waals surface area contributed by atoms with Crippen LogP contribution in [-0.4, -0.2) is 30.8 Å². The third-order valence-corrected chi connectivity index (χ3v) is 5.18. The molecule has 1 amide bonds. The summed E-state index contributed by atoms with van der Waals surface area (Å²) in [4.78, 5) is 12.7. The molecule has 3 aromatic rings. The minimum absolute atomic E-state index is 0.0788. The van der Waals surface area contributed by atoms with Gasteiger partial charge in [0.25, 0.3) is 5.91 Å². The zero-order valence-corrected chi connectivity index (χ0v) is 18.4. The summed E-state index contributed by atoms with van der Waals surface area (Å²) >= 11 is 0. The molecule has 0 saturated carbocycles. The lowest BCUT2D eigenvalue weighted by atomic mass is 9.93. The van der Waals surface area contributed by atoms with Gasteiger partial charge in [-0.25, -0.2) is 0 Å². The third-order valence-electron chi connectivity index (χ3n) is 5.18. The van der Waals surface area contributed by atoms with Gasteiger partial charge < -0.3 is 15.2 Å². The van der Waals surface area contributed by atoms with Gasteiger partial charge in [-0.3, -0.25) is 4.79 Å². The van der Waals surface area contributed by atoms with E-state index in [-0.39, 0.29) is 19.1 Å².